The summed E-state index contributed by atoms with van der Waals surface area (Å²) in [5.41, 5.74) is 0.885. The van der Waals surface area contributed by atoms with E-state index >= 15 is 0 Å². The molecule has 1 fully saturated rings. The van der Waals surface area contributed by atoms with Crippen molar-refractivity contribution in [1.82, 2.24) is 0 Å². The van der Waals surface area contributed by atoms with E-state index in [1.54, 1.807) is 12.1 Å². The second-order valence-electron chi connectivity index (χ2n) is 4.66. The number of nitro benzene ring substituents is 1. The van der Waals surface area contributed by atoms with Crippen LogP contribution in [0, 0.1) is 10.1 Å². The number of thioether (sulfide) groups is 1. The monoisotopic (exact) mass is 282 g/mol. The van der Waals surface area contributed by atoms with Gasteiger partial charge in [-0.15, -0.1) is 0 Å². The SMILES string of the molecule is COc1cc(NC2CCC(SC)C2)ccc1[N+](=O)[O-]. The Hall–Kier alpha value is -1.43. The Bertz CT molecular complexity index is 467. The summed E-state index contributed by atoms with van der Waals surface area (Å²) in [6.45, 7) is 0. The molecule has 0 amide bonds. The van der Waals surface area contributed by atoms with Crippen LogP contribution in [0.5, 0.6) is 5.75 Å². The van der Waals surface area contributed by atoms with Gasteiger partial charge < -0.3 is 10.1 Å². The van der Waals surface area contributed by atoms with Crippen LogP contribution in [0.15, 0.2) is 18.2 Å². The van der Waals surface area contributed by atoms with Gasteiger partial charge in [-0.1, -0.05) is 0 Å². The van der Waals surface area contributed by atoms with Crippen molar-refractivity contribution in [2.45, 2.75) is 30.6 Å². The number of nitrogens with zero attached hydrogens (tertiary/aromatic N) is 1. The van der Waals surface area contributed by atoms with Crippen LogP contribution in [0.25, 0.3) is 0 Å². The van der Waals surface area contributed by atoms with Crippen LogP contribution in [0.1, 0.15) is 19.3 Å². The minimum Gasteiger partial charge on any atom is -0.490 e. The predicted octanol–water partition coefficient (Wildman–Crippen LogP) is 3.30. The van der Waals surface area contributed by atoms with E-state index in [4.69, 9.17) is 4.74 Å². The van der Waals surface area contributed by atoms with Gasteiger partial charge in [0, 0.05) is 29.1 Å². The van der Waals surface area contributed by atoms with E-state index in [2.05, 4.69) is 11.6 Å². The van der Waals surface area contributed by atoms with Crippen molar-refractivity contribution < 1.29 is 9.66 Å². The summed E-state index contributed by atoms with van der Waals surface area (Å²) < 4.78 is 5.07. The lowest BCUT2D eigenvalue weighted by Crippen LogP contribution is -2.15. The summed E-state index contributed by atoms with van der Waals surface area (Å²) >= 11 is 1.91. The lowest BCUT2D eigenvalue weighted by molar-refractivity contribution is -0.385. The van der Waals surface area contributed by atoms with Crippen molar-refractivity contribution in [2.75, 3.05) is 18.7 Å². The molecular formula is C13H18N2O3S. The first kappa shape index (κ1) is 14.0. The third-order valence-electron chi connectivity index (χ3n) is 3.47. The third kappa shape index (κ3) is 3.32. The molecular weight excluding hydrogens is 264 g/mol. The quantitative estimate of drug-likeness (QED) is 0.663. The molecule has 2 atom stereocenters. The molecule has 5 nitrogen and oxygen atoms in total. The Morgan fingerprint density at radius 3 is 2.84 bits per heavy atom. The third-order valence-corrected chi connectivity index (χ3v) is 4.56. The van der Waals surface area contributed by atoms with Crippen molar-refractivity contribution in [3.8, 4) is 5.75 Å². The lowest BCUT2D eigenvalue weighted by atomic mass is 10.2. The molecule has 1 aromatic carbocycles. The van der Waals surface area contributed by atoms with E-state index in [9.17, 15) is 10.1 Å². The predicted molar refractivity (Wildman–Crippen MR) is 78.2 cm³/mol. The molecule has 2 unspecified atom stereocenters. The molecule has 0 aromatic heterocycles. The smallest absolute Gasteiger partial charge is 0.311 e. The van der Waals surface area contributed by atoms with E-state index in [-0.39, 0.29) is 5.69 Å². The molecule has 0 radical (unpaired) electrons. The molecule has 1 saturated carbocycles. The molecule has 1 N–H and O–H groups in total. The number of benzene rings is 1. The van der Waals surface area contributed by atoms with Crippen LogP contribution in [0.2, 0.25) is 0 Å². The van der Waals surface area contributed by atoms with Crippen molar-refractivity contribution in [3.63, 3.8) is 0 Å². The first-order valence-corrected chi connectivity index (χ1v) is 7.54. The summed E-state index contributed by atoms with van der Waals surface area (Å²) in [5.74, 6) is 0.300. The largest absolute Gasteiger partial charge is 0.490 e. The standard InChI is InChI=1S/C13H18N2O3S/c1-18-13-8-10(4-6-12(13)15(16)17)14-9-3-5-11(7-9)19-2/h4,6,8-9,11,14H,3,5,7H2,1-2H3. The molecule has 104 valence electrons. The fraction of sp³-hybridized carbons (Fsp3) is 0.538. The second kappa shape index (κ2) is 6.14. The number of hydrogen-bond acceptors (Lipinski definition) is 5. The lowest BCUT2D eigenvalue weighted by Gasteiger charge is -2.15. The maximum atomic E-state index is 10.8. The van der Waals surface area contributed by atoms with Gasteiger partial charge in [0.05, 0.1) is 12.0 Å². The van der Waals surface area contributed by atoms with Crippen LogP contribution in [-0.2, 0) is 0 Å². The Balaban J connectivity index is 2.07. The van der Waals surface area contributed by atoms with Gasteiger partial charge in [0.2, 0.25) is 0 Å². The van der Waals surface area contributed by atoms with E-state index in [0.717, 1.165) is 23.8 Å². The topological polar surface area (TPSA) is 64.4 Å². The first-order chi connectivity index (χ1) is 9.13. The van der Waals surface area contributed by atoms with Crippen LogP contribution in [-0.4, -0.2) is 29.6 Å². The van der Waals surface area contributed by atoms with Gasteiger partial charge in [-0.3, -0.25) is 10.1 Å². The van der Waals surface area contributed by atoms with E-state index in [1.807, 2.05) is 11.8 Å². The molecule has 1 aliphatic rings. The minimum atomic E-state index is -0.429. The van der Waals surface area contributed by atoms with Crippen LogP contribution in [0.3, 0.4) is 0 Å². The highest BCUT2D eigenvalue weighted by molar-refractivity contribution is 7.99. The molecule has 0 spiro atoms. The molecule has 19 heavy (non-hydrogen) atoms. The summed E-state index contributed by atoms with van der Waals surface area (Å²) in [6, 6.07) is 5.38. The fourth-order valence-electron chi connectivity index (χ4n) is 2.44. The maximum absolute atomic E-state index is 10.8. The number of nitrogens with one attached hydrogen (secondary N) is 1. The Morgan fingerprint density at radius 2 is 2.26 bits per heavy atom. The van der Waals surface area contributed by atoms with Gasteiger partial charge in [0.25, 0.3) is 0 Å². The number of anilines is 1. The van der Waals surface area contributed by atoms with Crippen molar-refractivity contribution in [2.24, 2.45) is 0 Å². The molecule has 0 aliphatic heterocycles. The molecule has 6 heteroatoms. The number of rotatable bonds is 5. The molecule has 0 saturated heterocycles. The van der Waals surface area contributed by atoms with Crippen LogP contribution < -0.4 is 10.1 Å². The molecule has 0 bridgehead atoms. The number of nitro groups is 1. The Labute approximate surface area is 116 Å². The van der Waals surface area contributed by atoms with E-state index in [1.165, 1.54) is 19.6 Å². The number of methoxy groups -OCH3 is 1. The number of ether oxygens (including phenoxy) is 1. The van der Waals surface area contributed by atoms with Crippen molar-refractivity contribution in [1.29, 1.82) is 0 Å². The summed E-state index contributed by atoms with van der Waals surface area (Å²) in [6.07, 6.45) is 5.65. The molecule has 1 aromatic rings. The highest BCUT2D eigenvalue weighted by Gasteiger charge is 2.24. The zero-order chi connectivity index (χ0) is 13.8. The summed E-state index contributed by atoms with van der Waals surface area (Å²) in [4.78, 5) is 10.4. The summed E-state index contributed by atoms with van der Waals surface area (Å²) in [7, 11) is 1.45. The van der Waals surface area contributed by atoms with Crippen LogP contribution >= 0.6 is 11.8 Å². The van der Waals surface area contributed by atoms with Gasteiger partial charge in [-0.25, -0.2) is 0 Å². The van der Waals surface area contributed by atoms with E-state index in [0.29, 0.717) is 11.8 Å². The highest BCUT2D eigenvalue weighted by atomic mass is 32.2. The minimum absolute atomic E-state index is 0.00135. The molecule has 2 rings (SSSR count). The Morgan fingerprint density at radius 1 is 1.47 bits per heavy atom. The first-order valence-electron chi connectivity index (χ1n) is 6.25. The highest BCUT2D eigenvalue weighted by Crippen LogP contribution is 2.33. The zero-order valence-corrected chi connectivity index (χ0v) is 11.9. The fourth-order valence-corrected chi connectivity index (χ4v) is 3.24. The maximum Gasteiger partial charge on any atom is 0.311 e. The molecule has 0 heterocycles. The Kier molecular flexibility index (Phi) is 4.52. The molecule has 1 aliphatic carbocycles. The average Bonchev–Trinajstić information content (AvgIpc) is 2.86. The second-order valence-corrected chi connectivity index (χ2v) is 5.79. The summed E-state index contributed by atoms with van der Waals surface area (Å²) in [5, 5.41) is 15.0. The normalized spacial score (nSPS) is 22.2. The van der Waals surface area contributed by atoms with Crippen LogP contribution in [0.4, 0.5) is 11.4 Å². The zero-order valence-electron chi connectivity index (χ0n) is 11.1. The van der Waals surface area contributed by atoms with Crippen molar-refractivity contribution >= 4 is 23.1 Å². The number of hydrogen-bond donors (Lipinski definition) is 1. The van der Waals surface area contributed by atoms with Gasteiger partial charge in [0.15, 0.2) is 5.75 Å². The van der Waals surface area contributed by atoms with Gasteiger partial charge in [0.1, 0.15) is 0 Å². The van der Waals surface area contributed by atoms with E-state index < -0.39 is 4.92 Å². The average molecular weight is 282 g/mol. The van der Waals surface area contributed by atoms with Gasteiger partial charge >= 0.3 is 5.69 Å². The van der Waals surface area contributed by atoms with Crippen molar-refractivity contribution in [3.05, 3.63) is 28.3 Å². The van der Waals surface area contributed by atoms with Gasteiger partial charge in [-0.2, -0.15) is 11.8 Å². The van der Waals surface area contributed by atoms with Gasteiger partial charge in [-0.05, 0) is 31.6 Å².